The first-order valence-corrected chi connectivity index (χ1v) is 2.95. The predicted molar refractivity (Wildman–Crippen MR) is 40.7 cm³/mol. The Morgan fingerprint density at radius 2 is 2.10 bits per heavy atom. The summed E-state index contributed by atoms with van der Waals surface area (Å²) in [5, 5.41) is 0. The minimum atomic E-state index is 0.447. The molecule has 0 amide bonds. The van der Waals surface area contributed by atoms with Crippen molar-refractivity contribution in [2.45, 2.75) is 0 Å². The third-order valence-electron chi connectivity index (χ3n) is 0.800. The van der Waals surface area contributed by atoms with Gasteiger partial charge in [0.05, 0.1) is 6.61 Å². The van der Waals surface area contributed by atoms with E-state index in [4.69, 9.17) is 9.47 Å². The molecule has 0 radical (unpaired) electrons. The molecule has 2 heteroatoms. The molecular formula is C8H12O2. The van der Waals surface area contributed by atoms with Crippen LogP contribution in [0.3, 0.4) is 0 Å². The van der Waals surface area contributed by atoms with Crippen molar-refractivity contribution in [2.75, 3.05) is 27.4 Å². The van der Waals surface area contributed by atoms with E-state index in [1.807, 2.05) is 0 Å². The molecule has 0 fully saturated rings. The van der Waals surface area contributed by atoms with Crippen LogP contribution in [-0.4, -0.2) is 27.4 Å². The van der Waals surface area contributed by atoms with Gasteiger partial charge in [0.15, 0.2) is 0 Å². The summed E-state index contributed by atoms with van der Waals surface area (Å²) in [5.74, 6) is 5.56. The molecule has 2 nitrogen and oxygen atoms in total. The molecule has 0 aromatic rings. The number of methoxy groups -OCH3 is 2. The molecule has 0 aliphatic rings. The summed E-state index contributed by atoms with van der Waals surface area (Å²) in [4.78, 5) is 0. The first-order chi connectivity index (χ1) is 4.81. The van der Waals surface area contributed by atoms with Crippen molar-refractivity contribution in [3.8, 4) is 11.8 Å². The molecule has 0 atom stereocenters. The predicted octanol–water partition coefficient (Wildman–Crippen LogP) is 0.839. The van der Waals surface area contributed by atoms with Crippen LogP contribution in [0.1, 0.15) is 0 Å². The second kappa shape index (κ2) is 6.34. The molecule has 0 aromatic heterocycles. The molecule has 0 N–H and O–H groups in total. The molecule has 0 aliphatic carbocycles. The van der Waals surface area contributed by atoms with E-state index in [0.717, 1.165) is 5.57 Å². The largest absolute Gasteiger partial charge is 0.379 e. The Kier molecular flexibility index (Phi) is 5.85. The van der Waals surface area contributed by atoms with Gasteiger partial charge in [-0.3, -0.25) is 0 Å². The van der Waals surface area contributed by atoms with Gasteiger partial charge < -0.3 is 9.47 Å². The fraction of sp³-hybridized carbons (Fsp3) is 0.500. The van der Waals surface area contributed by atoms with Crippen LogP contribution in [0.15, 0.2) is 12.2 Å². The van der Waals surface area contributed by atoms with Crippen molar-refractivity contribution in [2.24, 2.45) is 0 Å². The summed E-state index contributed by atoms with van der Waals surface area (Å²) in [7, 11) is 3.22. The molecule has 0 spiro atoms. The highest BCUT2D eigenvalue weighted by molar-refractivity contribution is 5.25. The van der Waals surface area contributed by atoms with E-state index < -0.39 is 0 Å². The third kappa shape index (κ3) is 5.36. The smallest absolute Gasteiger partial charge is 0.107 e. The zero-order chi connectivity index (χ0) is 7.82. The van der Waals surface area contributed by atoms with Crippen molar-refractivity contribution in [1.29, 1.82) is 0 Å². The zero-order valence-electron chi connectivity index (χ0n) is 6.44. The maximum absolute atomic E-state index is 4.79. The number of rotatable bonds is 3. The SMILES string of the molecule is C=C(C#CCOC)COC. The quantitative estimate of drug-likeness (QED) is 0.541. The highest BCUT2D eigenvalue weighted by atomic mass is 16.5. The Bertz CT molecular complexity index is 150. The van der Waals surface area contributed by atoms with E-state index >= 15 is 0 Å². The average molecular weight is 140 g/mol. The van der Waals surface area contributed by atoms with Crippen molar-refractivity contribution < 1.29 is 9.47 Å². The maximum Gasteiger partial charge on any atom is 0.107 e. The van der Waals surface area contributed by atoms with Gasteiger partial charge in [-0.2, -0.15) is 0 Å². The topological polar surface area (TPSA) is 18.5 Å². The highest BCUT2D eigenvalue weighted by Crippen LogP contribution is 1.85. The van der Waals surface area contributed by atoms with E-state index in [2.05, 4.69) is 18.4 Å². The molecular weight excluding hydrogens is 128 g/mol. The van der Waals surface area contributed by atoms with Gasteiger partial charge in [-0.15, -0.1) is 0 Å². The minimum Gasteiger partial charge on any atom is -0.379 e. The van der Waals surface area contributed by atoms with Crippen molar-refractivity contribution in [1.82, 2.24) is 0 Å². The molecule has 0 bridgehead atoms. The van der Waals surface area contributed by atoms with E-state index in [-0.39, 0.29) is 0 Å². The Hall–Kier alpha value is -0.780. The monoisotopic (exact) mass is 140 g/mol. The van der Waals surface area contributed by atoms with Gasteiger partial charge in [0.2, 0.25) is 0 Å². The number of hydrogen-bond acceptors (Lipinski definition) is 2. The molecule has 0 saturated heterocycles. The Morgan fingerprint density at radius 1 is 1.40 bits per heavy atom. The Morgan fingerprint density at radius 3 is 2.60 bits per heavy atom. The lowest BCUT2D eigenvalue weighted by molar-refractivity contribution is 0.229. The van der Waals surface area contributed by atoms with Gasteiger partial charge in [0.1, 0.15) is 6.61 Å². The average Bonchev–Trinajstić information content (AvgIpc) is 1.89. The van der Waals surface area contributed by atoms with E-state index in [1.165, 1.54) is 0 Å². The van der Waals surface area contributed by atoms with E-state index in [0.29, 0.717) is 13.2 Å². The second-order valence-corrected chi connectivity index (χ2v) is 1.77. The van der Waals surface area contributed by atoms with E-state index in [1.54, 1.807) is 14.2 Å². The molecule has 0 aromatic carbocycles. The Labute approximate surface area is 61.8 Å². The van der Waals surface area contributed by atoms with Crippen molar-refractivity contribution >= 4 is 0 Å². The molecule has 0 aliphatic heterocycles. The van der Waals surface area contributed by atoms with Crippen LogP contribution in [-0.2, 0) is 9.47 Å². The highest BCUT2D eigenvalue weighted by Gasteiger charge is 1.82. The van der Waals surface area contributed by atoms with Crippen LogP contribution < -0.4 is 0 Å². The second-order valence-electron chi connectivity index (χ2n) is 1.77. The summed E-state index contributed by atoms with van der Waals surface area (Å²) >= 11 is 0. The first-order valence-electron chi connectivity index (χ1n) is 2.95. The van der Waals surface area contributed by atoms with Crippen LogP contribution in [0, 0.1) is 11.8 Å². The van der Waals surface area contributed by atoms with Crippen LogP contribution in [0.25, 0.3) is 0 Å². The lowest BCUT2D eigenvalue weighted by Gasteiger charge is -1.91. The summed E-state index contributed by atoms with van der Waals surface area (Å²) in [6, 6.07) is 0. The van der Waals surface area contributed by atoms with Crippen molar-refractivity contribution in [3.05, 3.63) is 12.2 Å². The normalized spacial score (nSPS) is 8.20. The standard InChI is InChI=1S/C8H12O2/c1-8(7-10-3)5-4-6-9-2/h1,6-7H2,2-3H3. The van der Waals surface area contributed by atoms with Gasteiger partial charge in [-0.05, 0) is 0 Å². The van der Waals surface area contributed by atoms with Gasteiger partial charge in [-0.1, -0.05) is 18.4 Å². The molecule has 0 saturated carbocycles. The lowest BCUT2D eigenvalue weighted by Crippen LogP contribution is -1.90. The van der Waals surface area contributed by atoms with Gasteiger partial charge in [0, 0.05) is 19.8 Å². The fourth-order valence-electron chi connectivity index (χ4n) is 0.444. The summed E-state index contributed by atoms with van der Waals surface area (Å²) in [6.45, 7) is 4.61. The molecule has 56 valence electrons. The van der Waals surface area contributed by atoms with Crippen molar-refractivity contribution in [3.63, 3.8) is 0 Å². The van der Waals surface area contributed by atoms with Gasteiger partial charge >= 0.3 is 0 Å². The first kappa shape index (κ1) is 9.22. The summed E-state index contributed by atoms with van der Waals surface area (Å²) < 4.78 is 9.51. The summed E-state index contributed by atoms with van der Waals surface area (Å²) in [5.41, 5.74) is 0.777. The third-order valence-corrected chi connectivity index (χ3v) is 0.800. The molecule has 10 heavy (non-hydrogen) atoms. The molecule has 0 heterocycles. The molecule has 0 rings (SSSR count). The van der Waals surface area contributed by atoms with Gasteiger partial charge in [-0.25, -0.2) is 0 Å². The lowest BCUT2D eigenvalue weighted by atomic mass is 10.3. The van der Waals surface area contributed by atoms with Crippen LogP contribution in [0.5, 0.6) is 0 Å². The maximum atomic E-state index is 4.79. The fourth-order valence-corrected chi connectivity index (χ4v) is 0.444. The zero-order valence-corrected chi connectivity index (χ0v) is 6.44. The van der Waals surface area contributed by atoms with Gasteiger partial charge in [0.25, 0.3) is 0 Å². The number of ether oxygens (including phenoxy) is 2. The van der Waals surface area contributed by atoms with Crippen LogP contribution in [0.4, 0.5) is 0 Å². The van der Waals surface area contributed by atoms with Crippen LogP contribution in [0.2, 0.25) is 0 Å². The van der Waals surface area contributed by atoms with E-state index in [9.17, 15) is 0 Å². The molecule has 0 unspecified atom stereocenters. The van der Waals surface area contributed by atoms with Crippen LogP contribution >= 0.6 is 0 Å². The Balaban J connectivity index is 3.48. The summed E-state index contributed by atoms with van der Waals surface area (Å²) in [6.07, 6.45) is 0. The number of hydrogen-bond donors (Lipinski definition) is 0. The minimum absolute atomic E-state index is 0.447.